The van der Waals surface area contributed by atoms with E-state index in [4.69, 9.17) is 9.84 Å². The summed E-state index contributed by atoms with van der Waals surface area (Å²) in [6.07, 6.45) is 14.4. The minimum atomic E-state index is -0.833. The second-order valence-corrected chi connectivity index (χ2v) is 11.4. The Hall–Kier alpha value is -1.32. The van der Waals surface area contributed by atoms with Crippen molar-refractivity contribution in [1.82, 2.24) is 0 Å². The summed E-state index contributed by atoms with van der Waals surface area (Å²) in [6, 6.07) is 0. The van der Waals surface area contributed by atoms with Crippen molar-refractivity contribution in [2.75, 3.05) is 0 Å². The molecule has 0 aliphatic heterocycles. The molecule has 4 heteroatoms. The normalized spacial score (nSPS) is 46.5. The molecule has 168 valence electrons. The van der Waals surface area contributed by atoms with Crippen LogP contribution in [0.2, 0.25) is 0 Å². The Bertz CT molecular complexity index is 714. The molecule has 0 aromatic heterocycles. The molecule has 4 saturated carbocycles. The van der Waals surface area contributed by atoms with Gasteiger partial charge in [-0.3, -0.25) is 4.79 Å². The summed E-state index contributed by atoms with van der Waals surface area (Å²) < 4.78 is 5.60. The first-order valence-corrected chi connectivity index (χ1v) is 12.2. The highest BCUT2D eigenvalue weighted by Crippen LogP contribution is 2.68. The van der Waals surface area contributed by atoms with Crippen molar-refractivity contribution in [3.63, 3.8) is 0 Å². The van der Waals surface area contributed by atoms with E-state index < -0.39 is 5.97 Å². The molecule has 0 aromatic rings. The van der Waals surface area contributed by atoms with Crippen molar-refractivity contribution in [3.8, 4) is 0 Å². The molecular weight excluding hydrogens is 376 g/mol. The van der Waals surface area contributed by atoms with E-state index in [1.807, 2.05) is 6.08 Å². The highest BCUT2D eigenvalue weighted by molar-refractivity contribution is 5.79. The van der Waals surface area contributed by atoms with Crippen molar-refractivity contribution in [1.29, 1.82) is 0 Å². The number of carboxylic acid groups (broad SMARTS) is 1. The fraction of sp³-hybridized carbons (Fsp3) is 0.846. The molecule has 0 bridgehead atoms. The number of carbonyl (C=O) groups is 2. The van der Waals surface area contributed by atoms with Gasteiger partial charge in [-0.1, -0.05) is 26.8 Å². The van der Waals surface area contributed by atoms with Crippen LogP contribution in [0.3, 0.4) is 0 Å². The molecule has 0 radical (unpaired) electrons. The average Bonchev–Trinajstić information content (AvgIpc) is 3.03. The van der Waals surface area contributed by atoms with E-state index in [-0.39, 0.29) is 12.1 Å². The molecule has 30 heavy (non-hydrogen) atoms. The van der Waals surface area contributed by atoms with Crippen LogP contribution in [0.25, 0.3) is 0 Å². The number of ether oxygens (including phenoxy) is 1. The lowest BCUT2D eigenvalue weighted by Crippen LogP contribution is -2.54. The van der Waals surface area contributed by atoms with Crippen molar-refractivity contribution in [2.24, 2.45) is 46.3 Å². The Labute approximate surface area is 181 Å². The van der Waals surface area contributed by atoms with Crippen LogP contribution in [-0.2, 0) is 14.3 Å². The highest BCUT2D eigenvalue weighted by Gasteiger charge is 2.60. The first-order valence-electron chi connectivity index (χ1n) is 12.2. The molecule has 4 nitrogen and oxygen atoms in total. The van der Waals surface area contributed by atoms with Gasteiger partial charge in [-0.25, -0.2) is 4.79 Å². The molecular formula is C26H40O4. The average molecular weight is 417 g/mol. The first-order chi connectivity index (χ1) is 14.1. The molecule has 4 rings (SSSR count). The maximum atomic E-state index is 11.5. The predicted octanol–water partition coefficient (Wildman–Crippen LogP) is 5.85. The molecule has 9 atom stereocenters. The van der Waals surface area contributed by atoms with Gasteiger partial charge in [0.15, 0.2) is 0 Å². The van der Waals surface area contributed by atoms with E-state index in [1.165, 1.54) is 57.9 Å². The van der Waals surface area contributed by atoms with E-state index >= 15 is 0 Å². The standard InChI is InChI=1S/C26H40O4/c1-16(5-10-24(28)29)21-8-9-22-20-7-6-18-15-19(30-17(2)27)11-13-25(18,3)23(20)12-14-26(21,22)4/h5,10,16,18-23H,6-9,11-15H2,1-4H3,(H,28,29)/b10-5+/t16-,18?,19-,20+,21-,22?,23?,25+,26-/m1/s1. The molecule has 0 amide bonds. The number of aliphatic carboxylic acids is 1. The number of carbonyl (C=O) groups excluding carboxylic acids is 1. The zero-order valence-electron chi connectivity index (χ0n) is 19.2. The lowest BCUT2D eigenvalue weighted by molar-refractivity contribution is -0.160. The Balaban J connectivity index is 1.50. The van der Waals surface area contributed by atoms with Gasteiger partial charge in [0.25, 0.3) is 0 Å². The van der Waals surface area contributed by atoms with Crippen molar-refractivity contribution < 1.29 is 19.4 Å². The summed E-state index contributed by atoms with van der Waals surface area (Å²) in [5.41, 5.74) is 0.745. The van der Waals surface area contributed by atoms with Crippen LogP contribution < -0.4 is 0 Å². The lowest BCUT2D eigenvalue weighted by atomic mass is 9.44. The summed E-state index contributed by atoms with van der Waals surface area (Å²) >= 11 is 0. The molecule has 0 spiro atoms. The zero-order chi connectivity index (χ0) is 21.7. The number of hydrogen-bond acceptors (Lipinski definition) is 3. The zero-order valence-corrected chi connectivity index (χ0v) is 19.2. The molecule has 4 aliphatic rings. The Morgan fingerprint density at radius 2 is 1.70 bits per heavy atom. The van der Waals surface area contributed by atoms with E-state index in [9.17, 15) is 9.59 Å². The number of allylic oxidation sites excluding steroid dienone is 1. The van der Waals surface area contributed by atoms with Gasteiger partial charge in [-0.15, -0.1) is 0 Å². The van der Waals surface area contributed by atoms with E-state index in [0.29, 0.717) is 28.6 Å². The van der Waals surface area contributed by atoms with Crippen LogP contribution in [-0.4, -0.2) is 23.1 Å². The third-order valence-electron chi connectivity index (χ3n) is 10.2. The van der Waals surface area contributed by atoms with Crippen LogP contribution in [0.15, 0.2) is 12.2 Å². The summed E-state index contributed by atoms with van der Waals surface area (Å²) in [4.78, 5) is 22.5. The minimum absolute atomic E-state index is 0.128. The van der Waals surface area contributed by atoms with Crippen LogP contribution >= 0.6 is 0 Å². The number of fused-ring (bicyclic) bond motifs is 5. The highest BCUT2D eigenvalue weighted by atomic mass is 16.5. The Kier molecular flexibility index (Phi) is 5.83. The predicted molar refractivity (Wildman–Crippen MR) is 117 cm³/mol. The monoisotopic (exact) mass is 416 g/mol. The van der Waals surface area contributed by atoms with Gasteiger partial charge in [0, 0.05) is 13.0 Å². The van der Waals surface area contributed by atoms with E-state index in [1.54, 1.807) is 0 Å². The lowest BCUT2D eigenvalue weighted by Gasteiger charge is -2.61. The Morgan fingerprint density at radius 1 is 1.00 bits per heavy atom. The van der Waals surface area contributed by atoms with Crippen molar-refractivity contribution in [3.05, 3.63) is 12.2 Å². The van der Waals surface area contributed by atoms with Crippen LogP contribution in [0.1, 0.15) is 85.5 Å². The van der Waals surface area contributed by atoms with Gasteiger partial charge in [-0.05, 0) is 104 Å². The summed E-state index contributed by atoms with van der Waals surface area (Å²) in [5, 5.41) is 9.05. The topological polar surface area (TPSA) is 63.6 Å². The quantitative estimate of drug-likeness (QED) is 0.461. The SMILES string of the molecule is CC(=O)O[C@@H]1CC[C@@]2(C)C(CC[C@@H]3C2CC[C@@]2(C)C3CC[C@@H]2[C@H](C)/C=C/C(=O)O)C1. The maximum Gasteiger partial charge on any atom is 0.327 e. The van der Waals surface area contributed by atoms with Gasteiger partial charge in [0.2, 0.25) is 0 Å². The van der Waals surface area contributed by atoms with Gasteiger partial charge < -0.3 is 9.84 Å². The molecule has 3 unspecified atom stereocenters. The summed E-state index contributed by atoms with van der Waals surface area (Å²) in [7, 11) is 0. The smallest absolute Gasteiger partial charge is 0.327 e. The summed E-state index contributed by atoms with van der Waals surface area (Å²) in [5.74, 6) is 3.06. The minimum Gasteiger partial charge on any atom is -0.478 e. The van der Waals surface area contributed by atoms with Crippen LogP contribution in [0.5, 0.6) is 0 Å². The molecule has 0 saturated heterocycles. The number of hydrogen-bond donors (Lipinski definition) is 1. The fourth-order valence-corrected chi connectivity index (χ4v) is 8.83. The third-order valence-corrected chi connectivity index (χ3v) is 10.2. The Morgan fingerprint density at radius 3 is 2.40 bits per heavy atom. The molecule has 4 fully saturated rings. The first kappa shape index (κ1) is 21.9. The fourth-order valence-electron chi connectivity index (χ4n) is 8.83. The molecule has 0 heterocycles. The largest absolute Gasteiger partial charge is 0.478 e. The van der Waals surface area contributed by atoms with Crippen LogP contribution in [0.4, 0.5) is 0 Å². The van der Waals surface area contributed by atoms with E-state index in [2.05, 4.69) is 20.8 Å². The van der Waals surface area contributed by atoms with E-state index in [0.717, 1.165) is 30.6 Å². The number of carboxylic acids is 1. The van der Waals surface area contributed by atoms with Crippen LogP contribution in [0, 0.1) is 46.3 Å². The number of rotatable bonds is 4. The van der Waals surface area contributed by atoms with Gasteiger partial charge in [0.05, 0.1) is 0 Å². The summed E-state index contributed by atoms with van der Waals surface area (Å²) in [6.45, 7) is 8.82. The number of esters is 1. The molecule has 0 aromatic carbocycles. The molecule has 1 N–H and O–H groups in total. The maximum absolute atomic E-state index is 11.5. The second-order valence-electron chi connectivity index (χ2n) is 11.4. The van der Waals surface area contributed by atoms with Gasteiger partial charge in [-0.2, -0.15) is 0 Å². The van der Waals surface area contributed by atoms with Gasteiger partial charge >= 0.3 is 11.9 Å². The molecule has 4 aliphatic carbocycles. The third kappa shape index (κ3) is 3.62. The second kappa shape index (κ2) is 7.98. The van der Waals surface area contributed by atoms with Crippen molar-refractivity contribution >= 4 is 11.9 Å². The van der Waals surface area contributed by atoms with Crippen molar-refractivity contribution in [2.45, 2.75) is 91.6 Å². The van der Waals surface area contributed by atoms with Gasteiger partial charge in [0.1, 0.15) is 6.10 Å².